The molecule has 0 atom stereocenters. The third-order valence-corrected chi connectivity index (χ3v) is 3.27. The Hall–Kier alpha value is 0.390. The molecule has 0 aliphatic carbocycles. The molecule has 1 rings (SSSR count). The summed E-state index contributed by atoms with van der Waals surface area (Å²) in [5.74, 6) is 4.29. The van der Waals surface area contributed by atoms with Crippen LogP contribution < -0.4 is 10.6 Å². The van der Waals surface area contributed by atoms with Gasteiger partial charge in [0.25, 0.3) is 0 Å². The largest absolute Gasteiger partial charge is 0.354 e. The van der Waals surface area contributed by atoms with Crippen molar-refractivity contribution in [3.8, 4) is 0 Å². The molecule has 10 heavy (non-hydrogen) atoms. The van der Waals surface area contributed by atoms with E-state index in [0.717, 1.165) is 16.9 Å². The lowest BCUT2D eigenvalue weighted by Gasteiger charge is -2.05. The van der Waals surface area contributed by atoms with E-state index in [0.29, 0.717) is 0 Å². The summed E-state index contributed by atoms with van der Waals surface area (Å²) in [6.45, 7) is 0. The zero-order valence-electron chi connectivity index (χ0n) is 5.55. The summed E-state index contributed by atoms with van der Waals surface area (Å²) in [4.78, 5) is 0. The molecule has 1 aliphatic rings. The third-order valence-electron chi connectivity index (χ3n) is 1.04. The highest BCUT2D eigenvalue weighted by Crippen LogP contribution is 2.05. The summed E-state index contributed by atoms with van der Waals surface area (Å²) in [6.07, 6.45) is 0. The predicted molar refractivity (Wildman–Crippen MR) is 53.5 cm³/mol. The molecule has 2 N–H and O–H groups in total. The number of thioether (sulfide) groups is 2. The van der Waals surface area contributed by atoms with Crippen LogP contribution in [0.5, 0.6) is 0 Å². The molecule has 58 valence electrons. The number of thiocarbonyl (C=S) groups is 1. The fraction of sp³-hybridized carbons (Fsp3) is 0.800. The fourth-order valence-corrected chi connectivity index (χ4v) is 2.61. The second-order valence-corrected chi connectivity index (χ2v) is 4.41. The molecule has 5 heteroatoms. The highest BCUT2D eigenvalue weighted by atomic mass is 32.2. The van der Waals surface area contributed by atoms with E-state index in [-0.39, 0.29) is 0 Å². The van der Waals surface area contributed by atoms with Crippen LogP contribution in [0.2, 0.25) is 0 Å². The Morgan fingerprint density at radius 2 is 1.60 bits per heavy atom. The van der Waals surface area contributed by atoms with E-state index in [1.165, 1.54) is 11.5 Å². The number of hydrogen-bond donors (Lipinski definition) is 2. The van der Waals surface area contributed by atoms with E-state index in [9.17, 15) is 0 Å². The molecular weight excluding hydrogens is 184 g/mol. The van der Waals surface area contributed by atoms with Crippen molar-refractivity contribution in [2.75, 3.05) is 23.3 Å². The van der Waals surface area contributed by atoms with Crippen LogP contribution in [0.4, 0.5) is 0 Å². The van der Waals surface area contributed by atoms with Gasteiger partial charge in [-0.05, 0) is 12.2 Å². The summed E-state index contributed by atoms with van der Waals surface area (Å²) in [6, 6.07) is 0. The van der Waals surface area contributed by atoms with Gasteiger partial charge in [-0.25, -0.2) is 0 Å². The zero-order valence-corrected chi connectivity index (χ0v) is 8.00. The zero-order chi connectivity index (χ0) is 7.23. The maximum absolute atomic E-state index is 4.96. The van der Waals surface area contributed by atoms with E-state index in [2.05, 4.69) is 10.6 Å². The van der Waals surface area contributed by atoms with Crippen LogP contribution >= 0.6 is 35.7 Å². The molecule has 0 aromatic carbocycles. The minimum Gasteiger partial charge on any atom is -0.354 e. The van der Waals surface area contributed by atoms with E-state index in [4.69, 9.17) is 12.2 Å². The lowest BCUT2D eigenvalue weighted by molar-refractivity contribution is 1.02. The van der Waals surface area contributed by atoms with Gasteiger partial charge >= 0.3 is 0 Å². The second kappa shape index (κ2) is 5.09. The average molecular weight is 194 g/mol. The van der Waals surface area contributed by atoms with Crippen LogP contribution in [-0.2, 0) is 0 Å². The molecule has 1 fully saturated rings. The van der Waals surface area contributed by atoms with Gasteiger partial charge in [-0.3, -0.25) is 0 Å². The van der Waals surface area contributed by atoms with Crippen molar-refractivity contribution in [2.24, 2.45) is 0 Å². The summed E-state index contributed by atoms with van der Waals surface area (Å²) < 4.78 is 0. The average Bonchev–Trinajstić information content (AvgIpc) is 2.02. The first-order valence-corrected chi connectivity index (χ1v) is 5.78. The van der Waals surface area contributed by atoms with Crippen LogP contribution in [0, 0.1) is 0 Å². The van der Waals surface area contributed by atoms with Crippen molar-refractivity contribution >= 4 is 40.9 Å². The van der Waals surface area contributed by atoms with E-state index < -0.39 is 0 Å². The molecule has 0 radical (unpaired) electrons. The standard InChI is InChI=1S/C5H10N2S3/c8-5-6-3-9-1-2-10-4-7-5/h1-4H2,(H2,6,7,8). The Balaban J connectivity index is 2.21. The molecular formula is C5H10N2S3. The molecule has 1 heterocycles. The second-order valence-electron chi connectivity index (χ2n) is 1.79. The maximum Gasteiger partial charge on any atom is 0.167 e. The van der Waals surface area contributed by atoms with Crippen molar-refractivity contribution in [3.05, 3.63) is 0 Å². The molecule has 0 aromatic heterocycles. The van der Waals surface area contributed by atoms with Crippen LogP contribution in [0.15, 0.2) is 0 Å². The van der Waals surface area contributed by atoms with Gasteiger partial charge in [-0.2, -0.15) is 0 Å². The van der Waals surface area contributed by atoms with Gasteiger partial charge in [0.2, 0.25) is 0 Å². The quantitative estimate of drug-likeness (QED) is 0.557. The van der Waals surface area contributed by atoms with Crippen molar-refractivity contribution in [2.45, 2.75) is 0 Å². The number of nitrogens with one attached hydrogen (secondary N) is 2. The Bertz CT molecular complexity index is 105. The molecule has 0 aromatic rings. The Morgan fingerprint density at radius 3 is 2.10 bits per heavy atom. The topological polar surface area (TPSA) is 24.1 Å². The van der Waals surface area contributed by atoms with Crippen molar-refractivity contribution in [1.29, 1.82) is 0 Å². The van der Waals surface area contributed by atoms with Gasteiger partial charge < -0.3 is 10.6 Å². The lowest BCUT2D eigenvalue weighted by Crippen LogP contribution is -2.34. The first-order valence-electron chi connectivity index (χ1n) is 3.07. The van der Waals surface area contributed by atoms with Crippen LogP contribution in [0.25, 0.3) is 0 Å². The minimum atomic E-state index is 0.780. The smallest absolute Gasteiger partial charge is 0.167 e. The van der Waals surface area contributed by atoms with Crippen molar-refractivity contribution in [1.82, 2.24) is 10.6 Å². The molecule has 1 aliphatic heterocycles. The van der Waals surface area contributed by atoms with Gasteiger partial charge in [0.05, 0.1) is 11.8 Å². The maximum atomic E-state index is 4.96. The molecule has 1 saturated heterocycles. The Morgan fingerprint density at radius 1 is 1.10 bits per heavy atom. The Labute approximate surface area is 74.9 Å². The van der Waals surface area contributed by atoms with Gasteiger partial charge in [0, 0.05) is 11.5 Å². The first kappa shape index (κ1) is 8.49. The molecule has 0 unspecified atom stereocenters. The highest BCUT2D eigenvalue weighted by Gasteiger charge is 1.97. The molecule has 0 amide bonds. The number of hydrogen-bond acceptors (Lipinski definition) is 3. The lowest BCUT2D eigenvalue weighted by atomic mass is 11.0. The van der Waals surface area contributed by atoms with Crippen LogP contribution in [0.1, 0.15) is 0 Å². The molecule has 0 spiro atoms. The molecule has 0 saturated carbocycles. The molecule has 2 nitrogen and oxygen atoms in total. The summed E-state index contributed by atoms with van der Waals surface area (Å²) >= 11 is 8.74. The van der Waals surface area contributed by atoms with Gasteiger partial charge in [-0.1, -0.05) is 0 Å². The normalized spacial score (nSPS) is 21.4. The van der Waals surface area contributed by atoms with Crippen molar-refractivity contribution < 1.29 is 0 Å². The minimum absolute atomic E-state index is 0.780. The van der Waals surface area contributed by atoms with E-state index >= 15 is 0 Å². The Kier molecular flexibility index (Phi) is 4.32. The SMILES string of the molecule is S=C1NCSCCSCN1. The summed E-state index contributed by atoms with van der Waals surface area (Å²) in [7, 11) is 0. The van der Waals surface area contributed by atoms with Crippen LogP contribution in [-0.4, -0.2) is 28.4 Å². The summed E-state index contributed by atoms with van der Waals surface area (Å²) in [5, 5.41) is 6.97. The van der Waals surface area contributed by atoms with Crippen LogP contribution in [0.3, 0.4) is 0 Å². The predicted octanol–water partition coefficient (Wildman–Crippen LogP) is 0.845. The molecule has 0 bridgehead atoms. The van der Waals surface area contributed by atoms with E-state index in [1.54, 1.807) is 0 Å². The monoisotopic (exact) mass is 194 g/mol. The van der Waals surface area contributed by atoms with Gasteiger partial charge in [0.1, 0.15) is 0 Å². The highest BCUT2D eigenvalue weighted by molar-refractivity contribution is 8.03. The van der Waals surface area contributed by atoms with E-state index in [1.807, 2.05) is 23.5 Å². The fourth-order valence-electron chi connectivity index (χ4n) is 0.558. The number of rotatable bonds is 0. The van der Waals surface area contributed by atoms with Gasteiger partial charge in [-0.15, -0.1) is 23.5 Å². The summed E-state index contributed by atoms with van der Waals surface area (Å²) in [5.41, 5.74) is 0. The van der Waals surface area contributed by atoms with Gasteiger partial charge in [0.15, 0.2) is 5.11 Å². The van der Waals surface area contributed by atoms with Crippen molar-refractivity contribution in [3.63, 3.8) is 0 Å². The first-order chi connectivity index (χ1) is 4.89. The third kappa shape index (κ3) is 3.53.